The summed E-state index contributed by atoms with van der Waals surface area (Å²) in [5.74, 6) is -1.10. The first-order valence-corrected chi connectivity index (χ1v) is 2.32. The Morgan fingerprint density at radius 2 is 1.40 bits per heavy atom. The molecule has 0 saturated carbocycles. The number of hydrogen-bond acceptors (Lipinski definition) is 3. The van der Waals surface area contributed by atoms with Gasteiger partial charge >= 0.3 is 6.03 Å². The normalized spacial score (nSPS) is 17.0. The van der Waals surface area contributed by atoms with Crippen LogP contribution in [0, 0.1) is 0 Å². The molecule has 0 aromatic rings. The van der Waals surface area contributed by atoms with Crippen molar-refractivity contribution in [3.63, 3.8) is 0 Å². The number of carbonyl (C=O) groups excluding carboxylic acids is 3. The molecule has 1 rings (SSSR count). The summed E-state index contributed by atoms with van der Waals surface area (Å²) in [4.78, 5) is 30.8. The molecule has 0 aromatic heterocycles. The van der Waals surface area contributed by atoms with Crippen LogP contribution in [0.3, 0.4) is 0 Å². The Morgan fingerprint density at radius 1 is 1.00 bits per heavy atom. The first-order valence-electron chi connectivity index (χ1n) is 2.32. The van der Waals surface area contributed by atoms with E-state index in [0.29, 0.717) is 0 Å². The molecule has 2 N–H and O–H groups in total. The first-order chi connectivity index (χ1) is 4.18. The van der Waals surface area contributed by atoms with Gasteiger partial charge in [0.1, 0.15) is 6.42 Å². The van der Waals surface area contributed by atoms with E-state index in [4.69, 9.17) is 0 Å². The molecule has 0 aromatic carbocycles. The second kappa shape index (κ2) is 3.44. The van der Waals surface area contributed by atoms with Gasteiger partial charge in [0.05, 0.1) is 0 Å². The summed E-state index contributed by atoms with van der Waals surface area (Å²) in [5.41, 5.74) is 0. The van der Waals surface area contributed by atoms with Crippen molar-refractivity contribution >= 4 is 17.8 Å². The van der Waals surface area contributed by atoms with Crippen molar-refractivity contribution in [2.24, 2.45) is 0 Å². The van der Waals surface area contributed by atoms with Crippen LogP contribution in [0.2, 0.25) is 0 Å². The van der Waals surface area contributed by atoms with E-state index < -0.39 is 17.8 Å². The molecule has 0 spiro atoms. The molecule has 0 radical (unpaired) electrons. The molecule has 1 aliphatic heterocycles. The second-order valence-corrected chi connectivity index (χ2v) is 1.60. The Labute approximate surface area is 70.2 Å². The standard InChI is InChI=1S/C4H4N2O3.Pd/c7-2-1-3(8)6-4(9)5-2;/h1H2,(H2,5,6,7,8,9);. The molecule has 58 valence electrons. The number of urea groups is 1. The van der Waals surface area contributed by atoms with Crippen LogP contribution in [-0.4, -0.2) is 17.8 Å². The van der Waals surface area contributed by atoms with Crippen molar-refractivity contribution in [1.82, 2.24) is 10.6 Å². The van der Waals surface area contributed by atoms with Crippen LogP contribution in [0.25, 0.3) is 0 Å². The van der Waals surface area contributed by atoms with E-state index in [1.165, 1.54) is 0 Å². The molecular formula is C4H4N2O3Pd. The molecule has 10 heavy (non-hydrogen) atoms. The molecule has 1 aliphatic rings. The number of amides is 4. The van der Waals surface area contributed by atoms with E-state index in [2.05, 4.69) is 0 Å². The van der Waals surface area contributed by atoms with Crippen molar-refractivity contribution in [1.29, 1.82) is 0 Å². The fraction of sp³-hybridized carbons (Fsp3) is 0.250. The van der Waals surface area contributed by atoms with Crippen molar-refractivity contribution in [2.75, 3.05) is 0 Å². The number of imide groups is 2. The third kappa shape index (κ3) is 2.25. The van der Waals surface area contributed by atoms with E-state index in [-0.39, 0.29) is 26.8 Å². The number of rotatable bonds is 0. The van der Waals surface area contributed by atoms with Crippen molar-refractivity contribution in [2.45, 2.75) is 6.42 Å². The molecule has 1 saturated heterocycles. The Kier molecular flexibility index (Phi) is 3.19. The molecular weight excluding hydrogens is 230 g/mol. The summed E-state index contributed by atoms with van der Waals surface area (Å²) >= 11 is 0. The van der Waals surface area contributed by atoms with Gasteiger partial charge in [0.25, 0.3) is 0 Å². The zero-order valence-corrected chi connectivity index (χ0v) is 6.30. The van der Waals surface area contributed by atoms with Gasteiger partial charge in [-0.05, 0) is 0 Å². The van der Waals surface area contributed by atoms with Gasteiger partial charge in [0, 0.05) is 20.4 Å². The van der Waals surface area contributed by atoms with Crippen LogP contribution >= 0.6 is 0 Å². The van der Waals surface area contributed by atoms with Crippen LogP contribution in [-0.2, 0) is 30.0 Å². The summed E-state index contributed by atoms with van der Waals surface area (Å²) in [6.45, 7) is 0. The van der Waals surface area contributed by atoms with Gasteiger partial charge in [-0.25, -0.2) is 4.79 Å². The van der Waals surface area contributed by atoms with E-state index in [1.54, 1.807) is 0 Å². The maximum absolute atomic E-state index is 10.3. The van der Waals surface area contributed by atoms with Gasteiger partial charge in [-0.1, -0.05) is 0 Å². The van der Waals surface area contributed by atoms with Crippen LogP contribution < -0.4 is 10.6 Å². The summed E-state index contributed by atoms with van der Waals surface area (Å²) in [7, 11) is 0. The molecule has 5 nitrogen and oxygen atoms in total. The molecule has 0 atom stereocenters. The Balaban J connectivity index is 0.000000810. The van der Waals surface area contributed by atoms with Gasteiger partial charge in [0.15, 0.2) is 0 Å². The van der Waals surface area contributed by atoms with Gasteiger partial charge in [-0.15, -0.1) is 0 Å². The summed E-state index contributed by atoms with van der Waals surface area (Å²) in [5, 5.41) is 3.80. The van der Waals surface area contributed by atoms with Crippen LogP contribution in [0.1, 0.15) is 6.42 Å². The topological polar surface area (TPSA) is 75.3 Å². The summed E-state index contributed by atoms with van der Waals surface area (Å²) in [6.07, 6.45) is -0.258. The maximum Gasteiger partial charge on any atom is 0.328 e. The average molecular weight is 235 g/mol. The minimum absolute atomic E-state index is 0. The zero-order chi connectivity index (χ0) is 6.85. The van der Waals surface area contributed by atoms with Crippen molar-refractivity contribution < 1.29 is 34.8 Å². The quantitative estimate of drug-likeness (QED) is 0.406. The van der Waals surface area contributed by atoms with E-state index in [1.807, 2.05) is 10.6 Å². The summed E-state index contributed by atoms with van der Waals surface area (Å²) < 4.78 is 0. The molecule has 0 aliphatic carbocycles. The monoisotopic (exact) mass is 234 g/mol. The van der Waals surface area contributed by atoms with Gasteiger partial charge in [-0.2, -0.15) is 0 Å². The number of barbiturate groups is 1. The Morgan fingerprint density at radius 3 is 1.70 bits per heavy atom. The number of carbonyl (C=O) groups is 3. The third-order valence-corrected chi connectivity index (χ3v) is 0.827. The van der Waals surface area contributed by atoms with Gasteiger partial charge < -0.3 is 0 Å². The number of nitrogens with one attached hydrogen (secondary N) is 2. The first kappa shape index (κ1) is 9.27. The van der Waals surface area contributed by atoms with Crippen LogP contribution in [0.4, 0.5) is 4.79 Å². The van der Waals surface area contributed by atoms with E-state index >= 15 is 0 Å². The Hall–Kier alpha value is -0.728. The Bertz CT molecular complexity index is 146. The molecule has 4 amide bonds. The minimum atomic E-state index is -0.740. The van der Waals surface area contributed by atoms with Gasteiger partial charge in [-0.3, -0.25) is 20.2 Å². The second-order valence-electron chi connectivity index (χ2n) is 1.60. The molecule has 1 heterocycles. The molecule has 6 heteroatoms. The minimum Gasteiger partial charge on any atom is -0.277 e. The molecule has 0 bridgehead atoms. The van der Waals surface area contributed by atoms with Gasteiger partial charge in [0.2, 0.25) is 11.8 Å². The van der Waals surface area contributed by atoms with Crippen LogP contribution in [0.5, 0.6) is 0 Å². The van der Waals surface area contributed by atoms with Crippen molar-refractivity contribution in [3.8, 4) is 0 Å². The number of hydrogen-bond donors (Lipinski definition) is 2. The molecule has 1 fully saturated rings. The predicted octanol–water partition coefficient (Wildman–Crippen LogP) is -1.26. The predicted molar refractivity (Wildman–Crippen MR) is 26.3 cm³/mol. The zero-order valence-electron chi connectivity index (χ0n) is 4.75. The van der Waals surface area contributed by atoms with E-state index in [9.17, 15) is 14.4 Å². The largest absolute Gasteiger partial charge is 0.328 e. The van der Waals surface area contributed by atoms with Crippen molar-refractivity contribution in [3.05, 3.63) is 0 Å². The van der Waals surface area contributed by atoms with Crippen LogP contribution in [0.15, 0.2) is 0 Å². The average Bonchev–Trinajstić information content (AvgIpc) is 1.59. The summed E-state index contributed by atoms with van der Waals surface area (Å²) in [6, 6.07) is -0.740. The van der Waals surface area contributed by atoms with E-state index in [0.717, 1.165) is 0 Å². The fourth-order valence-electron chi connectivity index (χ4n) is 0.519. The SMILES string of the molecule is O=C1CC(=O)NC(=O)N1.[Pd]. The smallest absolute Gasteiger partial charge is 0.277 e. The molecule has 0 unspecified atom stereocenters. The third-order valence-electron chi connectivity index (χ3n) is 0.827. The maximum atomic E-state index is 10.3. The fourth-order valence-corrected chi connectivity index (χ4v) is 0.519.